The van der Waals surface area contributed by atoms with Crippen LogP contribution in [0, 0.1) is 35.7 Å². The minimum Gasteiger partial charge on any atom is -0.380 e. The van der Waals surface area contributed by atoms with Gasteiger partial charge in [-0.05, 0) is 36.8 Å². The van der Waals surface area contributed by atoms with Crippen LogP contribution in [-0.2, 0) is 6.54 Å². The van der Waals surface area contributed by atoms with Crippen molar-refractivity contribution < 1.29 is 13.2 Å². The van der Waals surface area contributed by atoms with Gasteiger partial charge in [-0.3, -0.25) is 0 Å². The molecule has 0 aliphatic rings. The molecule has 0 saturated carbocycles. The van der Waals surface area contributed by atoms with E-state index in [1.54, 1.807) is 19.1 Å². The summed E-state index contributed by atoms with van der Waals surface area (Å²) in [7, 11) is 0. The van der Waals surface area contributed by atoms with Gasteiger partial charge in [0.25, 0.3) is 0 Å². The smallest absolute Gasteiger partial charge is 0.132 e. The third kappa shape index (κ3) is 2.91. The van der Waals surface area contributed by atoms with E-state index in [0.29, 0.717) is 5.69 Å². The summed E-state index contributed by atoms with van der Waals surface area (Å²) in [5.41, 5.74) is 0.965. The lowest BCUT2D eigenvalue weighted by molar-refractivity contribution is 0.559. The van der Waals surface area contributed by atoms with Crippen LogP contribution < -0.4 is 5.32 Å². The van der Waals surface area contributed by atoms with Crippen LogP contribution in [0.4, 0.5) is 18.9 Å². The number of hydrogen-bond donors (Lipinski definition) is 1. The van der Waals surface area contributed by atoms with Gasteiger partial charge in [-0.2, -0.15) is 5.26 Å². The van der Waals surface area contributed by atoms with Gasteiger partial charge in [0.15, 0.2) is 0 Å². The number of nitrogens with zero attached hydrogens (tertiary/aromatic N) is 1. The molecule has 0 aliphatic carbocycles. The number of rotatable bonds is 3. The molecule has 0 unspecified atom stereocenters. The fourth-order valence-corrected chi connectivity index (χ4v) is 1.80. The summed E-state index contributed by atoms with van der Waals surface area (Å²) in [6, 6.07) is 7.76. The van der Waals surface area contributed by atoms with Crippen molar-refractivity contribution in [2.45, 2.75) is 13.5 Å². The maximum atomic E-state index is 13.7. The molecule has 2 nitrogen and oxygen atoms in total. The Kier molecular flexibility index (Phi) is 3.94. The van der Waals surface area contributed by atoms with E-state index in [1.165, 1.54) is 12.1 Å². The van der Waals surface area contributed by atoms with E-state index in [1.807, 2.05) is 0 Å². The molecule has 2 aromatic carbocycles. The first kappa shape index (κ1) is 13.9. The number of nitrogens with one attached hydrogen (secondary N) is 1. The molecule has 1 N–H and O–H groups in total. The summed E-state index contributed by atoms with van der Waals surface area (Å²) in [5, 5.41) is 11.4. The van der Waals surface area contributed by atoms with Crippen LogP contribution in [0.1, 0.15) is 16.7 Å². The van der Waals surface area contributed by atoms with Gasteiger partial charge in [0.2, 0.25) is 0 Å². The third-order valence-corrected chi connectivity index (χ3v) is 2.93. The first-order valence-corrected chi connectivity index (χ1v) is 5.89. The lowest BCUT2D eigenvalue weighted by Gasteiger charge is -2.11. The average molecular weight is 276 g/mol. The minimum atomic E-state index is -0.803. The molecule has 2 rings (SSSR count). The monoisotopic (exact) mass is 276 g/mol. The first-order chi connectivity index (χ1) is 9.51. The van der Waals surface area contributed by atoms with Crippen molar-refractivity contribution in [3.63, 3.8) is 0 Å². The van der Waals surface area contributed by atoms with Gasteiger partial charge < -0.3 is 5.32 Å². The molecule has 0 saturated heterocycles. The summed E-state index contributed by atoms with van der Waals surface area (Å²) >= 11 is 0. The Labute approximate surface area is 114 Å². The van der Waals surface area contributed by atoms with E-state index in [2.05, 4.69) is 5.32 Å². The highest BCUT2D eigenvalue weighted by molar-refractivity contribution is 5.51. The van der Waals surface area contributed by atoms with E-state index in [-0.39, 0.29) is 17.7 Å². The van der Waals surface area contributed by atoms with Crippen LogP contribution in [0.25, 0.3) is 0 Å². The second-order valence-corrected chi connectivity index (χ2v) is 4.34. The van der Waals surface area contributed by atoms with E-state index in [4.69, 9.17) is 5.26 Å². The van der Waals surface area contributed by atoms with E-state index in [9.17, 15) is 13.2 Å². The van der Waals surface area contributed by atoms with Crippen LogP contribution in [0.15, 0.2) is 30.3 Å². The summed E-state index contributed by atoms with van der Waals surface area (Å²) in [4.78, 5) is 0. The minimum absolute atomic E-state index is 0.0781. The summed E-state index contributed by atoms with van der Waals surface area (Å²) in [6.07, 6.45) is 0. The quantitative estimate of drug-likeness (QED) is 0.923. The molecule has 0 radical (unpaired) electrons. The predicted octanol–water partition coefficient (Wildman–Crippen LogP) is 3.90. The van der Waals surface area contributed by atoms with Crippen molar-refractivity contribution in [2.75, 3.05) is 5.32 Å². The normalized spacial score (nSPS) is 10.2. The molecule has 102 valence electrons. The summed E-state index contributed by atoms with van der Waals surface area (Å²) in [6.45, 7) is 1.63. The fourth-order valence-electron chi connectivity index (χ4n) is 1.80. The zero-order valence-corrected chi connectivity index (χ0v) is 10.7. The lowest BCUT2D eigenvalue weighted by atomic mass is 10.1. The number of nitriles is 1. The van der Waals surface area contributed by atoms with E-state index >= 15 is 0 Å². The van der Waals surface area contributed by atoms with Crippen LogP contribution in [-0.4, -0.2) is 0 Å². The van der Waals surface area contributed by atoms with E-state index < -0.39 is 17.5 Å². The number of benzene rings is 2. The molecule has 0 fully saturated rings. The number of halogens is 3. The summed E-state index contributed by atoms with van der Waals surface area (Å²) < 4.78 is 40.5. The number of anilines is 1. The van der Waals surface area contributed by atoms with Crippen molar-refractivity contribution >= 4 is 5.69 Å². The fraction of sp³-hybridized carbons (Fsp3) is 0.133. The molecule has 0 aliphatic heterocycles. The lowest BCUT2D eigenvalue weighted by Crippen LogP contribution is -2.06. The van der Waals surface area contributed by atoms with Gasteiger partial charge in [0.05, 0.1) is 11.6 Å². The predicted molar refractivity (Wildman–Crippen MR) is 69.5 cm³/mol. The van der Waals surface area contributed by atoms with Crippen LogP contribution in [0.3, 0.4) is 0 Å². The molecule has 0 aromatic heterocycles. The SMILES string of the molecule is Cc1ccc(F)cc1NCc1c(F)cc(C#N)cc1F. The van der Waals surface area contributed by atoms with Gasteiger partial charge in [0.1, 0.15) is 17.5 Å². The molecule has 0 heterocycles. The number of aryl methyl sites for hydroxylation is 1. The van der Waals surface area contributed by atoms with Crippen LogP contribution >= 0.6 is 0 Å². The van der Waals surface area contributed by atoms with Crippen LogP contribution in [0.2, 0.25) is 0 Å². The zero-order chi connectivity index (χ0) is 14.7. The molecule has 0 amide bonds. The average Bonchev–Trinajstić information content (AvgIpc) is 2.41. The Balaban J connectivity index is 2.23. The third-order valence-electron chi connectivity index (χ3n) is 2.93. The Morgan fingerprint density at radius 2 is 1.75 bits per heavy atom. The van der Waals surface area contributed by atoms with Crippen molar-refractivity contribution in [2.24, 2.45) is 0 Å². The molecular weight excluding hydrogens is 265 g/mol. The van der Waals surface area contributed by atoms with Crippen molar-refractivity contribution in [1.29, 1.82) is 5.26 Å². The molecule has 2 aromatic rings. The van der Waals surface area contributed by atoms with Gasteiger partial charge in [-0.15, -0.1) is 0 Å². The maximum Gasteiger partial charge on any atom is 0.132 e. The Morgan fingerprint density at radius 3 is 2.35 bits per heavy atom. The molecule has 0 atom stereocenters. The van der Waals surface area contributed by atoms with Crippen molar-refractivity contribution in [3.8, 4) is 6.07 Å². The Morgan fingerprint density at radius 1 is 1.10 bits per heavy atom. The Bertz CT molecular complexity index is 667. The van der Waals surface area contributed by atoms with Crippen molar-refractivity contribution in [1.82, 2.24) is 0 Å². The largest absolute Gasteiger partial charge is 0.380 e. The molecule has 0 bridgehead atoms. The van der Waals surface area contributed by atoms with Crippen molar-refractivity contribution in [3.05, 3.63) is 64.5 Å². The molecule has 5 heteroatoms. The highest BCUT2D eigenvalue weighted by atomic mass is 19.1. The second kappa shape index (κ2) is 5.66. The van der Waals surface area contributed by atoms with Gasteiger partial charge in [-0.25, -0.2) is 13.2 Å². The molecule has 20 heavy (non-hydrogen) atoms. The maximum absolute atomic E-state index is 13.7. The highest BCUT2D eigenvalue weighted by Crippen LogP contribution is 2.20. The first-order valence-electron chi connectivity index (χ1n) is 5.89. The van der Waals surface area contributed by atoms with Gasteiger partial charge in [-0.1, -0.05) is 6.07 Å². The van der Waals surface area contributed by atoms with Gasteiger partial charge >= 0.3 is 0 Å². The Hall–Kier alpha value is -2.48. The standard InChI is InChI=1S/C15H11F3N2/c1-9-2-3-11(16)6-15(9)20-8-12-13(17)4-10(7-19)5-14(12)18/h2-6,20H,8H2,1H3. The summed E-state index contributed by atoms with van der Waals surface area (Å²) in [5.74, 6) is -2.04. The molecular formula is C15H11F3N2. The van der Waals surface area contributed by atoms with E-state index in [0.717, 1.165) is 17.7 Å². The highest BCUT2D eigenvalue weighted by Gasteiger charge is 2.11. The topological polar surface area (TPSA) is 35.8 Å². The van der Waals surface area contributed by atoms with Crippen LogP contribution in [0.5, 0.6) is 0 Å². The zero-order valence-electron chi connectivity index (χ0n) is 10.7. The second-order valence-electron chi connectivity index (χ2n) is 4.34. The number of hydrogen-bond acceptors (Lipinski definition) is 2. The molecule has 0 spiro atoms. The van der Waals surface area contributed by atoms with Gasteiger partial charge in [0, 0.05) is 17.8 Å².